The summed E-state index contributed by atoms with van der Waals surface area (Å²) in [6.07, 6.45) is 0. The maximum Gasteiger partial charge on any atom is 0.293 e. The van der Waals surface area contributed by atoms with Crippen molar-refractivity contribution in [3.05, 3.63) is 86.7 Å². The van der Waals surface area contributed by atoms with Gasteiger partial charge in [-0.05, 0) is 36.5 Å². The molecule has 1 fully saturated rings. The quantitative estimate of drug-likeness (QED) is 0.329. The zero-order valence-electron chi connectivity index (χ0n) is 17.7. The van der Waals surface area contributed by atoms with E-state index in [0.717, 1.165) is 5.69 Å². The normalized spacial score (nSPS) is 13.4. The summed E-state index contributed by atoms with van der Waals surface area (Å²) in [5.74, 6) is -0.149. The molecule has 3 aromatic rings. The van der Waals surface area contributed by atoms with Crippen LogP contribution in [0.5, 0.6) is 0 Å². The van der Waals surface area contributed by atoms with E-state index in [9.17, 15) is 25.0 Å². The minimum atomic E-state index is -0.514. The Bertz CT molecular complexity index is 1250. The van der Waals surface area contributed by atoms with Crippen LogP contribution in [0.25, 0.3) is 11.3 Å². The van der Waals surface area contributed by atoms with Gasteiger partial charge in [0.1, 0.15) is 5.76 Å². The number of nitro benzene ring substituents is 2. The van der Waals surface area contributed by atoms with Crippen LogP contribution in [0.3, 0.4) is 0 Å². The molecular weight excluding hydrogens is 462 g/mol. The van der Waals surface area contributed by atoms with Gasteiger partial charge in [-0.25, -0.2) is 0 Å². The summed E-state index contributed by atoms with van der Waals surface area (Å²) in [7, 11) is 0. The van der Waals surface area contributed by atoms with Crippen LogP contribution in [-0.2, 0) is 0 Å². The Balaban J connectivity index is 1.33. The van der Waals surface area contributed by atoms with E-state index < -0.39 is 15.8 Å². The molecule has 2 heterocycles. The zero-order valence-corrected chi connectivity index (χ0v) is 18.6. The van der Waals surface area contributed by atoms with Crippen LogP contribution in [-0.4, -0.2) is 51.9 Å². The minimum absolute atomic E-state index is 0.0355. The van der Waals surface area contributed by atoms with E-state index in [2.05, 4.69) is 10.2 Å². The summed E-state index contributed by atoms with van der Waals surface area (Å²) >= 11 is 5.38. The fourth-order valence-corrected chi connectivity index (χ4v) is 3.85. The van der Waals surface area contributed by atoms with Gasteiger partial charge in [0, 0.05) is 61.7 Å². The van der Waals surface area contributed by atoms with E-state index in [-0.39, 0.29) is 22.2 Å². The summed E-state index contributed by atoms with van der Waals surface area (Å²) in [6, 6.07) is 15.4. The average molecular weight is 481 g/mol. The summed E-state index contributed by atoms with van der Waals surface area (Å²) in [6.45, 7) is 2.39. The molecule has 34 heavy (non-hydrogen) atoms. The van der Waals surface area contributed by atoms with Crippen LogP contribution in [0.15, 0.2) is 65.1 Å². The molecule has 174 valence electrons. The van der Waals surface area contributed by atoms with Gasteiger partial charge in [0.25, 0.3) is 17.3 Å². The number of carbonyl (C=O) groups excluding carboxylic acids is 1. The molecule has 1 aliphatic heterocycles. The molecule has 12 heteroatoms. The Kier molecular flexibility index (Phi) is 6.50. The van der Waals surface area contributed by atoms with Crippen molar-refractivity contribution in [1.29, 1.82) is 0 Å². The maximum absolute atomic E-state index is 12.6. The molecular formula is C22H19N5O6S. The molecule has 1 N–H and O–H groups in total. The Morgan fingerprint density at radius 2 is 1.59 bits per heavy atom. The van der Waals surface area contributed by atoms with E-state index in [1.807, 2.05) is 4.90 Å². The Labute approximate surface area is 198 Å². The van der Waals surface area contributed by atoms with Crippen LogP contribution in [0, 0.1) is 20.2 Å². The van der Waals surface area contributed by atoms with Gasteiger partial charge in [0.2, 0.25) is 0 Å². The summed E-state index contributed by atoms with van der Waals surface area (Å²) in [5.41, 5.74) is 1.33. The van der Waals surface area contributed by atoms with E-state index in [0.29, 0.717) is 37.5 Å². The number of nitrogens with one attached hydrogen (secondary N) is 1. The Morgan fingerprint density at radius 3 is 2.24 bits per heavy atom. The maximum atomic E-state index is 12.6. The van der Waals surface area contributed by atoms with Crippen molar-refractivity contribution in [2.24, 2.45) is 0 Å². The number of benzene rings is 2. The highest BCUT2D eigenvalue weighted by atomic mass is 32.1. The molecule has 0 atom stereocenters. The van der Waals surface area contributed by atoms with Crippen LogP contribution >= 0.6 is 12.2 Å². The first-order valence-corrected chi connectivity index (χ1v) is 10.7. The molecule has 0 bridgehead atoms. The van der Waals surface area contributed by atoms with Crippen molar-refractivity contribution in [2.45, 2.75) is 0 Å². The Hall–Kier alpha value is -4.32. The van der Waals surface area contributed by atoms with Crippen molar-refractivity contribution in [2.75, 3.05) is 31.1 Å². The topological polar surface area (TPSA) is 135 Å². The number of non-ortho nitro benzene ring substituents is 2. The summed E-state index contributed by atoms with van der Waals surface area (Å²) in [4.78, 5) is 37.4. The first-order valence-electron chi connectivity index (χ1n) is 10.3. The predicted molar refractivity (Wildman–Crippen MR) is 128 cm³/mol. The minimum Gasteiger partial charge on any atom is -0.451 e. The van der Waals surface area contributed by atoms with Crippen LogP contribution in [0.1, 0.15) is 10.6 Å². The lowest BCUT2D eigenvalue weighted by molar-refractivity contribution is -0.385. The number of hydrogen-bond donors (Lipinski definition) is 1. The third-order valence-corrected chi connectivity index (χ3v) is 5.74. The lowest BCUT2D eigenvalue weighted by Crippen LogP contribution is -2.52. The van der Waals surface area contributed by atoms with Gasteiger partial charge in [-0.1, -0.05) is 12.1 Å². The van der Waals surface area contributed by atoms with Crippen molar-refractivity contribution >= 4 is 40.3 Å². The second kappa shape index (κ2) is 9.67. The standard InChI is InChI=1S/C22H19N5O6S/c28-21(20-9-8-19(33-20)15-2-1-3-18(14-15)27(31)32)23-22(34)25-12-10-24(11-13-25)16-4-6-17(7-5-16)26(29)30/h1-9,14H,10-13H2,(H,23,28,34). The van der Waals surface area contributed by atoms with Crippen molar-refractivity contribution in [3.8, 4) is 11.3 Å². The number of thiocarbonyl (C=S) groups is 1. The zero-order chi connectivity index (χ0) is 24.2. The van der Waals surface area contributed by atoms with E-state index in [4.69, 9.17) is 16.6 Å². The van der Waals surface area contributed by atoms with Gasteiger partial charge in [0.05, 0.1) is 9.85 Å². The summed E-state index contributed by atoms with van der Waals surface area (Å²) < 4.78 is 5.59. The number of carbonyl (C=O) groups is 1. The molecule has 2 aromatic carbocycles. The second-order valence-electron chi connectivity index (χ2n) is 7.48. The van der Waals surface area contributed by atoms with Crippen molar-refractivity contribution in [1.82, 2.24) is 10.2 Å². The smallest absolute Gasteiger partial charge is 0.293 e. The van der Waals surface area contributed by atoms with Crippen molar-refractivity contribution < 1.29 is 19.1 Å². The van der Waals surface area contributed by atoms with Crippen LogP contribution in [0.2, 0.25) is 0 Å². The molecule has 0 aliphatic carbocycles. The molecule has 0 radical (unpaired) electrons. The molecule has 1 amide bonds. The highest BCUT2D eigenvalue weighted by Crippen LogP contribution is 2.26. The second-order valence-corrected chi connectivity index (χ2v) is 7.86. The van der Waals surface area contributed by atoms with Gasteiger partial charge in [0.15, 0.2) is 10.9 Å². The fraction of sp³-hybridized carbons (Fsp3) is 0.182. The highest BCUT2D eigenvalue weighted by Gasteiger charge is 2.22. The van der Waals surface area contributed by atoms with Crippen LogP contribution < -0.4 is 10.2 Å². The van der Waals surface area contributed by atoms with Crippen molar-refractivity contribution in [3.63, 3.8) is 0 Å². The van der Waals surface area contributed by atoms with Gasteiger partial charge >= 0.3 is 0 Å². The molecule has 4 rings (SSSR count). The molecule has 0 saturated carbocycles. The molecule has 11 nitrogen and oxygen atoms in total. The van der Waals surface area contributed by atoms with E-state index >= 15 is 0 Å². The molecule has 1 aromatic heterocycles. The van der Waals surface area contributed by atoms with Gasteiger partial charge in [-0.3, -0.25) is 30.3 Å². The average Bonchev–Trinajstić information content (AvgIpc) is 3.35. The van der Waals surface area contributed by atoms with Gasteiger partial charge < -0.3 is 14.2 Å². The SMILES string of the molecule is O=C(NC(=S)N1CCN(c2ccc([N+](=O)[O-])cc2)CC1)c1ccc(-c2cccc([N+](=O)[O-])c2)o1. The van der Waals surface area contributed by atoms with Gasteiger partial charge in [-0.15, -0.1) is 0 Å². The molecule has 0 unspecified atom stereocenters. The first kappa shape index (κ1) is 22.9. The number of nitro groups is 2. The number of amides is 1. The number of rotatable bonds is 5. The largest absolute Gasteiger partial charge is 0.451 e. The number of hydrogen-bond acceptors (Lipinski definition) is 8. The van der Waals surface area contributed by atoms with E-state index in [1.165, 1.54) is 30.3 Å². The molecule has 1 aliphatic rings. The lowest BCUT2D eigenvalue weighted by atomic mass is 10.1. The third-order valence-electron chi connectivity index (χ3n) is 5.38. The Morgan fingerprint density at radius 1 is 0.912 bits per heavy atom. The number of nitrogens with zero attached hydrogens (tertiary/aromatic N) is 4. The van der Waals surface area contributed by atoms with E-state index in [1.54, 1.807) is 30.3 Å². The lowest BCUT2D eigenvalue weighted by Gasteiger charge is -2.37. The van der Waals surface area contributed by atoms with Crippen LogP contribution in [0.4, 0.5) is 17.1 Å². The number of furan rings is 1. The highest BCUT2D eigenvalue weighted by molar-refractivity contribution is 7.80. The first-order chi connectivity index (χ1) is 16.3. The summed E-state index contributed by atoms with van der Waals surface area (Å²) in [5, 5.41) is 24.7. The molecule has 1 saturated heterocycles. The predicted octanol–water partition coefficient (Wildman–Crippen LogP) is 3.60. The van der Waals surface area contributed by atoms with Gasteiger partial charge in [-0.2, -0.15) is 0 Å². The fourth-order valence-electron chi connectivity index (χ4n) is 3.58. The monoisotopic (exact) mass is 481 g/mol. The number of piperazine rings is 1. The number of anilines is 1. The molecule has 0 spiro atoms. The third kappa shape index (κ3) is 5.02.